The molecule has 122 valence electrons. The molecule has 0 radical (unpaired) electrons. The van der Waals surface area contributed by atoms with E-state index >= 15 is 0 Å². The van der Waals surface area contributed by atoms with Gasteiger partial charge in [-0.25, -0.2) is 4.39 Å². The molecule has 0 atom stereocenters. The van der Waals surface area contributed by atoms with Crippen molar-refractivity contribution in [2.24, 2.45) is 0 Å². The fourth-order valence-corrected chi connectivity index (χ4v) is 2.04. The minimum Gasteiger partial charge on any atom is -0.493 e. The van der Waals surface area contributed by atoms with Crippen LogP contribution in [-0.4, -0.2) is 26.7 Å². The summed E-state index contributed by atoms with van der Waals surface area (Å²) in [6.45, 7) is 0.630. The van der Waals surface area contributed by atoms with Crippen LogP contribution in [0.15, 0.2) is 42.5 Å². The number of amides is 1. The molecule has 0 bridgehead atoms. The van der Waals surface area contributed by atoms with Crippen LogP contribution in [0.25, 0.3) is 0 Å². The standard InChI is InChI=1S/C17H19FN2O3/c1-22-15-8-7-14(9-16(15)23-2)20-17(21)11-19-10-12-3-5-13(18)6-4-12/h3-9,19H,10-11H2,1-2H3,(H,20,21). The van der Waals surface area contributed by atoms with Crippen LogP contribution in [-0.2, 0) is 11.3 Å². The highest BCUT2D eigenvalue weighted by atomic mass is 19.1. The second-order valence-corrected chi connectivity index (χ2v) is 4.85. The zero-order valence-corrected chi connectivity index (χ0v) is 13.1. The van der Waals surface area contributed by atoms with E-state index in [2.05, 4.69) is 10.6 Å². The molecule has 0 heterocycles. The van der Waals surface area contributed by atoms with E-state index in [1.165, 1.54) is 19.2 Å². The molecule has 0 aliphatic carbocycles. The molecule has 0 aromatic heterocycles. The van der Waals surface area contributed by atoms with Crippen molar-refractivity contribution in [2.75, 3.05) is 26.1 Å². The van der Waals surface area contributed by atoms with Gasteiger partial charge in [0.15, 0.2) is 11.5 Å². The molecule has 2 aromatic rings. The first kappa shape index (κ1) is 16.8. The summed E-state index contributed by atoms with van der Waals surface area (Å²) in [6, 6.07) is 11.3. The second-order valence-electron chi connectivity index (χ2n) is 4.85. The third-order valence-electron chi connectivity index (χ3n) is 3.20. The van der Waals surface area contributed by atoms with Crippen molar-refractivity contribution < 1.29 is 18.7 Å². The molecular formula is C17H19FN2O3. The van der Waals surface area contributed by atoms with Crippen LogP contribution in [0.5, 0.6) is 11.5 Å². The number of hydrogen-bond donors (Lipinski definition) is 2. The molecule has 1 amide bonds. The third kappa shape index (κ3) is 4.96. The second kappa shape index (κ2) is 8.14. The van der Waals surface area contributed by atoms with Gasteiger partial charge in [-0.2, -0.15) is 0 Å². The van der Waals surface area contributed by atoms with Crippen LogP contribution in [0, 0.1) is 5.82 Å². The highest BCUT2D eigenvalue weighted by Gasteiger charge is 2.07. The summed E-state index contributed by atoms with van der Waals surface area (Å²) in [5, 5.41) is 5.77. The van der Waals surface area contributed by atoms with Crippen LogP contribution >= 0.6 is 0 Å². The van der Waals surface area contributed by atoms with Crippen molar-refractivity contribution in [3.05, 3.63) is 53.8 Å². The molecule has 5 nitrogen and oxygen atoms in total. The van der Waals surface area contributed by atoms with Crippen LogP contribution in [0.1, 0.15) is 5.56 Å². The Morgan fingerprint density at radius 3 is 2.39 bits per heavy atom. The van der Waals surface area contributed by atoms with E-state index < -0.39 is 0 Å². The third-order valence-corrected chi connectivity index (χ3v) is 3.20. The molecule has 0 saturated carbocycles. The number of methoxy groups -OCH3 is 2. The fourth-order valence-electron chi connectivity index (χ4n) is 2.04. The summed E-state index contributed by atoms with van der Waals surface area (Å²) in [7, 11) is 3.09. The van der Waals surface area contributed by atoms with Gasteiger partial charge >= 0.3 is 0 Å². The average molecular weight is 318 g/mol. The van der Waals surface area contributed by atoms with Crippen LogP contribution in [0.2, 0.25) is 0 Å². The monoisotopic (exact) mass is 318 g/mol. The summed E-state index contributed by atoms with van der Waals surface area (Å²) in [4.78, 5) is 11.9. The van der Waals surface area contributed by atoms with E-state index in [4.69, 9.17) is 9.47 Å². The normalized spacial score (nSPS) is 10.2. The Kier molecular flexibility index (Phi) is 5.94. The molecule has 0 unspecified atom stereocenters. The van der Waals surface area contributed by atoms with E-state index in [0.29, 0.717) is 23.7 Å². The lowest BCUT2D eigenvalue weighted by atomic mass is 10.2. The molecular weight excluding hydrogens is 299 g/mol. The number of ether oxygens (including phenoxy) is 2. The molecule has 2 aromatic carbocycles. The fraction of sp³-hybridized carbons (Fsp3) is 0.235. The summed E-state index contributed by atoms with van der Waals surface area (Å²) in [5.74, 6) is 0.684. The summed E-state index contributed by atoms with van der Waals surface area (Å²) in [6.07, 6.45) is 0. The van der Waals surface area contributed by atoms with Gasteiger partial charge < -0.3 is 20.1 Å². The van der Waals surface area contributed by atoms with Crippen molar-refractivity contribution in [1.82, 2.24) is 5.32 Å². The minimum absolute atomic E-state index is 0.145. The summed E-state index contributed by atoms with van der Waals surface area (Å²) in [5.41, 5.74) is 1.53. The number of rotatable bonds is 7. The van der Waals surface area contributed by atoms with E-state index in [-0.39, 0.29) is 18.3 Å². The Hall–Kier alpha value is -2.60. The average Bonchev–Trinajstić information content (AvgIpc) is 2.56. The number of anilines is 1. The van der Waals surface area contributed by atoms with Gasteiger partial charge in [-0.3, -0.25) is 4.79 Å². The van der Waals surface area contributed by atoms with Crippen molar-refractivity contribution in [2.45, 2.75) is 6.54 Å². The van der Waals surface area contributed by atoms with E-state index in [0.717, 1.165) is 5.56 Å². The SMILES string of the molecule is COc1ccc(NC(=O)CNCc2ccc(F)cc2)cc1OC. The molecule has 0 saturated heterocycles. The summed E-state index contributed by atoms with van der Waals surface area (Å²) < 4.78 is 23.1. The van der Waals surface area contributed by atoms with Crippen molar-refractivity contribution in [3.8, 4) is 11.5 Å². The van der Waals surface area contributed by atoms with Gasteiger partial charge in [0.25, 0.3) is 0 Å². The van der Waals surface area contributed by atoms with Gasteiger partial charge in [0.05, 0.1) is 20.8 Å². The Balaban J connectivity index is 1.83. The highest BCUT2D eigenvalue weighted by Crippen LogP contribution is 2.29. The topological polar surface area (TPSA) is 59.6 Å². The lowest BCUT2D eigenvalue weighted by Crippen LogP contribution is -2.27. The largest absolute Gasteiger partial charge is 0.493 e. The highest BCUT2D eigenvalue weighted by molar-refractivity contribution is 5.92. The van der Waals surface area contributed by atoms with Gasteiger partial charge in [-0.15, -0.1) is 0 Å². The smallest absolute Gasteiger partial charge is 0.238 e. The first-order valence-electron chi connectivity index (χ1n) is 7.09. The first-order chi connectivity index (χ1) is 11.1. The van der Waals surface area contributed by atoms with Crippen molar-refractivity contribution >= 4 is 11.6 Å². The molecule has 23 heavy (non-hydrogen) atoms. The van der Waals surface area contributed by atoms with Gasteiger partial charge in [0.2, 0.25) is 5.91 Å². The predicted octanol–water partition coefficient (Wildman–Crippen LogP) is 2.57. The summed E-state index contributed by atoms with van der Waals surface area (Å²) >= 11 is 0. The lowest BCUT2D eigenvalue weighted by Gasteiger charge is -2.11. The zero-order chi connectivity index (χ0) is 16.7. The molecule has 0 aliphatic rings. The molecule has 2 rings (SSSR count). The number of nitrogens with one attached hydrogen (secondary N) is 2. The maximum Gasteiger partial charge on any atom is 0.238 e. The molecule has 2 N–H and O–H groups in total. The first-order valence-corrected chi connectivity index (χ1v) is 7.09. The molecule has 0 spiro atoms. The Morgan fingerprint density at radius 2 is 1.74 bits per heavy atom. The predicted molar refractivity (Wildman–Crippen MR) is 86.3 cm³/mol. The van der Waals surface area contributed by atoms with Gasteiger partial charge in [0, 0.05) is 18.3 Å². The lowest BCUT2D eigenvalue weighted by molar-refractivity contribution is -0.115. The number of hydrogen-bond acceptors (Lipinski definition) is 4. The van der Waals surface area contributed by atoms with Crippen molar-refractivity contribution in [3.63, 3.8) is 0 Å². The maximum atomic E-state index is 12.8. The van der Waals surface area contributed by atoms with Crippen LogP contribution < -0.4 is 20.1 Å². The van der Waals surface area contributed by atoms with Gasteiger partial charge in [-0.1, -0.05) is 12.1 Å². The van der Waals surface area contributed by atoms with Crippen molar-refractivity contribution in [1.29, 1.82) is 0 Å². The van der Waals surface area contributed by atoms with E-state index in [1.807, 2.05) is 0 Å². The Morgan fingerprint density at radius 1 is 1.04 bits per heavy atom. The zero-order valence-electron chi connectivity index (χ0n) is 13.1. The molecule has 6 heteroatoms. The molecule has 0 aliphatic heterocycles. The van der Waals surface area contributed by atoms with Gasteiger partial charge in [-0.05, 0) is 29.8 Å². The molecule has 0 fully saturated rings. The van der Waals surface area contributed by atoms with E-state index in [9.17, 15) is 9.18 Å². The number of benzene rings is 2. The van der Waals surface area contributed by atoms with Crippen LogP contribution in [0.4, 0.5) is 10.1 Å². The number of carbonyl (C=O) groups is 1. The Bertz CT molecular complexity index is 659. The van der Waals surface area contributed by atoms with E-state index in [1.54, 1.807) is 37.4 Å². The van der Waals surface area contributed by atoms with Gasteiger partial charge in [0.1, 0.15) is 5.82 Å². The Labute approximate surface area is 134 Å². The maximum absolute atomic E-state index is 12.8. The quantitative estimate of drug-likeness (QED) is 0.824. The van der Waals surface area contributed by atoms with Crippen LogP contribution in [0.3, 0.4) is 0 Å². The number of carbonyl (C=O) groups excluding carboxylic acids is 1. The minimum atomic E-state index is -0.278. The number of halogens is 1.